The lowest BCUT2D eigenvalue weighted by Gasteiger charge is -2.10. The van der Waals surface area contributed by atoms with Crippen molar-refractivity contribution in [2.45, 2.75) is 13.5 Å². The van der Waals surface area contributed by atoms with Crippen LogP contribution in [-0.2, 0) is 6.54 Å². The van der Waals surface area contributed by atoms with Gasteiger partial charge in [-0.25, -0.2) is 4.98 Å². The highest BCUT2D eigenvalue weighted by atomic mass is 79.9. The second-order valence-corrected chi connectivity index (χ2v) is 5.15. The summed E-state index contributed by atoms with van der Waals surface area (Å²) in [6, 6.07) is 10.8. The highest BCUT2D eigenvalue weighted by molar-refractivity contribution is 9.10. The highest BCUT2D eigenvalue weighted by Crippen LogP contribution is 2.25. The van der Waals surface area contributed by atoms with E-state index < -0.39 is 4.92 Å². The number of hydrogen-bond acceptors (Lipinski definition) is 5. The molecular weight excluding hydrogens is 336 g/mol. The summed E-state index contributed by atoms with van der Waals surface area (Å²) in [6.07, 6.45) is 0. The van der Waals surface area contributed by atoms with Gasteiger partial charge in [-0.15, -0.1) is 0 Å². The number of benzene rings is 1. The molecular formula is C14H15BrN4O2. The van der Waals surface area contributed by atoms with Crippen LogP contribution in [0.4, 0.5) is 17.3 Å². The van der Waals surface area contributed by atoms with Crippen molar-refractivity contribution in [3.63, 3.8) is 0 Å². The number of nitrogens with one attached hydrogen (secondary N) is 2. The monoisotopic (exact) mass is 350 g/mol. The molecule has 0 aliphatic heterocycles. The maximum absolute atomic E-state index is 11.1. The first kappa shape index (κ1) is 15.2. The van der Waals surface area contributed by atoms with E-state index in [1.807, 2.05) is 31.2 Å². The van der Waals surface area contributed by atoms with Gasteiger partial charge in [-0.1, -0.05) is 34.1 Å². The Bertz CT molecular complexity index is 649. The fourth-order valence-corrected chi connectivity index (χ4v) is 2.25. The first-order valence-corrected chi connectivity index (χ1v) is 7.27. The molecule has 0 aliphatic rings. The van der Waals surface area contributed by atoms with Gasteiger partial charge in [-0.2, -0.15) is 0 Å². The van der Waals surface area contributed by atoms with Crippen LogP contribution in [0.5, 0.6) is 0 Å². The molecule has 0 unspecified atom stereocenters. The Morgan fingerprint density at radius 3 is 2.67 bits per heavy atom. The number of hydrogen-bond donors (Lipinski definition) is 2. The van der Waals surface area contributed by atoms with Gasteiger partial charge in [0.2, 0.25) is 5.82 Å². The lowest BCUT2D eigenvalue weighted by atomic mass is 10.2. The summed E-state index contributed by atoms with van der Waals surface area (Å²) in [7, 11) is 0. The number of nitrogens with zero attached hydrogens (tertiary/aromatic N) is 2. The maximum atomic E-state index is 11.1. The van der Waals surface area contributed by atoms with Gasteiger partial charge in [-0.05, 0) is 24.6 Å². The van der Waals surface area contributed by atoms with E-state index in [2.05, 4.69) is 31.5 Å². The number of pyridine rings is 1. The van der Waals surface area contributed by atoms with Crippen LogP contribution < -0.4 is 10.6 Å². The summed E-state index contributed by atoms with van der Waals surface area (Å²) < 4.78 is 0.947. The third-order valence-corrected chi connectivity index (χ3v) is 3.61. The minimum atomic E-state index is -0.439. The molecule has 0 aliphatic carbocycles. The predicted molar refractivity (Wildman–Crippen MR) is 86.5 cm³/mol. The van der Waals surface area contributed by atoms with Crippen molar-refractivity contribution in [1.82, 2.24) is 4.98 Å². The minimum Gasteiger partial charge on any atom is -0.370 e. The molecule has 1 heterocycles. The Balaban J connectivity index is 2.22. The molecule has 0 bridgehead atoms. The van der Waals surface area contributed by atoms with Crippen molar-refractivity contribution in [2.24, 2.45) is 0 Å². The summed E-state index contributed by atoms with van der Waals surface area (Å²) in [5.41, 5.74) is 0.964. The van der Waals surface area contributed by atoms with Crippen LogP contribution in [-0.4, -0.2) is 16.5 Å². The highest BCUT2D eigenvalue weighted by Gasteiger charge is 2.16. The number of aromatic nitrogens is 1. The van der Waals surface area contributed by atoms with Crippen LogP contribution in [0.25, 0.3) is 0 Å². The van der Waals surface area contributed by atoms with Gasteiger partial charge >= 0.3 is 5.69 Å². The van der Waals surface area contributed by atoms with Gasteiger partial charge < -0.3 is 10.6 Å². The first-order chi connectivity index (χ1) is 10.1. The average Bonchev–Trinajstić information content (AvgIpc) is 2.46. The van der Waals surface area contributed by atoms with E-state index in [9.17, 15) is 10.1 Å². The van der Waals surface area contributed by atoms with Crippen molar-refractivity contribution < 1.29 is 4.92 Å². The molecule has 1 aromatic carbocycles. The lowest BCUT2D eigenvalue weighted by molar-refractivity contribution is -0.384. The van der Waals surface area contributed by atoms with E-state index in [1.54, 1.807) is 6.07 Å². The zero-order chi connectivity index (χ0) is 15.2. The van der Waals surface area contributed by atoms with Gasteiger partial charge in [0.15, 0.2) is 0 Å². The number of rotatable bonds is 6. The fraction of sp³-hybridized carbons (Fsp3) is 0.214. The molecule has 7 heteroatoms. The molecule has 0 saturated heterocycles. The Morgan fingerprint density at radius 1 is 1.24 bits per heavy atom. The van der Waals surface area contributed by atoms with Crippen LogP contribution >= 0.6 is 15.9 Å². The van der Waals surface area contributed by atoms with Gasteiger partial charge in [0.25, 0.3) is 0 Å². The third-order valence-electron chi connectivity index (χ3n) is 2.83. The van der Waals surface area contributed by atoms with Crippen molar-refractivity contribution in [3.05, 3.63) is 56.5 Å². The molecule has 0 spiro atoms. The zero-order valence-electron chi connectivity index (χ0n) is 11.5. The van der Waals surface area contributed by atoms with Gasteiger partial charge in [-0.3, -0.25) is 10.1 Å². The molecule has 1 aromatic heterocycles. The average molecular weight is 351 g/mol. The quantitative estimate of drug-likeness (QED) is 0.611. The summed E-state index contributed by atoms with van der Waals surface area (Å²) in [4.78, 5) is 14.9. The van der Waals surface area contributed by atoms with Crippen LogP contribution in [0.1, 0.15) is 12.5 Å². The second kappa shape index (κ2) is 7.03. The van der Waals surface area contributed by atoms with Gasteiger partial charge in [0.1, 0.15) is 5.82 Å². The normalized spacial score (nSPS) is 10.2. The van der Waals surface area contributed by atoms with Crippen molar-refractivity contribution in [1.29, 1.82) is 0 Å². The molecule has 2 rings (SSSR count). The van der Waals surface area contributed by atoms with Crippen molar-refractivity contribution >= 4 is 33.3 Å². The Kier molecular flexibility index (Phi) is 5.10. The Hall–Kier alpha value is -2.15. The number of halogens is 1. The summed E-state index contributed by atoms with van der Waals surface area (Å²) in [5.74, 6) is 0.868. The lowest BCUT2D eigenvalue weighted by Crippen LogP contribution is -2.07. The van der Waals surface area contributed by atoms with Crippen LogP contribution in [0.2, 0.25) is 0 Å². The molecule has 0 amide bonds. The summed E-state index contributed by atoms with van der Waals surface area (Å²) >= 11 is 3.45. The SMILES string of the molecule is CCNc1ccc([N+](=O)[O-])c(NCc2ccccc2Br)n1. The van der Waals surface area contributed by atoms with Gasteiger partial charge in [0, 0.05) is 23.6 Å². The summed E-state index contributed by atoms with van der Waals surface area (Å²) in [6.45, 7) is 3.09. The van der Waals surface area contributed by atoms with Crippen molar-refractivity contribution in [3.8, 4) is 0 Å². The Labute approximate surface area is 130 Å². The fourth-order valence-electron chi connectivity index (χ4n) is 1.83. The Morgan fingerprint density at radius 2 is 2.00 bits per heavy atom. The molecule has 0 fully saturated rings. The van der Waals surface area contributed by atoms with E-state index in [4.69, 9.17) is 0 Å². The predicted octanol–water partition coefficient (Wildman–Crippen LogP) is 3.80. The summed E-state index contributed by atoms with van der Waals surface area (Å²) in [5, 5.41) is 17.1. The largest absolute Gasteiger partial charge is 0.370 e. The van der Waals surface area contributed by atoms with Crippen LogP contribution in [0.3, 0.4) is 0 Å². The van der Waals surface area contributed by atoms with E-state index in [0.29, 0.717) is 18.9 Å². The topological polar surface area (TPSA) is 80.1 Å². The molecule has 0 atom stereocenters. The standard InChI is InChI=1S/C14H15BrN4O2/c1-2-16-13-8-7-12(19(20)21)14(18-13)17-9-10-5-3-4-6-11(10)15/h3-8H,2,9H2,1H3,(H2,16,17,18). The minimum absolute atomic E-state index is 0.0382. The zero-order valence-corrected chi connectivity index (χ0v) is 13.1. The first-order valence-electron chi connectivity index (χ1n) is 6.48. The van der Waals surface area contributed by atoms with E-state index in [1.165, 1.54) is 6.07 Å². The molecule has 2 N–H and O–H groups in total. The molecule has 6 nitrogen and oxygen atoms in total. The molecule has 110 valence electrons. The number of anilines is 2. The van der Waals surface area contributed by atoms with Crippen LogP contribution in [0.15, 0.2) is 40.9 Å². The van der Waals surface area contributed by atoms with Gasteiger partial charge in [0.05, 0.1) is 4.92 Å². The number of nitro groups is 1. The molecule has 21 heavy (non-hydrogen) atoms. The smallest absolute Gasteiger partial charge is 0.311 e. The second-order valence-electron chi connectivity index (χ2n) is 4.30. The molecule has 2 aromatic rings. The third kappa shape index (κ3) is 3.91. The molecule has 0 radical (unpaired) electrons. The van der Waals surface area contributed by atoms with E-state index >= 15 is 0 Å². The van der Waals surface area contributed by atoms with E-state index in [-0.39, 0.29) is 11.5 Å². The maximum Gasteiger partial charge on any atom is 0.311 e. The van der Waals surface area contributed by atoms with Crippen molar-refractivity contribution in [2.75, 3.05) is 17.2 Å². The van der Waals surface area contributed by atoms with E-state index in [0.717, 1.165) is 10.0 Å². The molecule has 0 saturated carbocycles. The van der Waals surface area contributed by atoms with Crippen LogP contribution in [0, 0.1) is 10.1 Å².